The molecule has 5 nitrogen and oxygen atoms in total. The summed E-state index contributed by atoms with van der Waals surface area (Å²) in [5, 5.41) is 2.73. The Morgan fingerprint density at radius 2 is 1.67 bits per heavy atom. The molecule has 0 aromatic heterocycles. The molecule has 0 unspecified atom stereocenters. The SMILES string of the molecule is COC(=O)c1cc(F)cc(C=CCCNC(=O)OCC2c3ccccc3-c3ccccc32)c1. The zero-order valence-electron chi connectivity index (χ0n) is 18.2. The number of carbonyl (C=O) groups excluding carboxylic acids is 2. The van der Waals surface area contributed by atoms with Crippen LogP contribution in [-0.2, 0) is 9.47 Å². The van der Waals surface area contributed by atoms with E-state index >= 15 is 0 Å². The first-order valence-electron chi connectivity index (χ1n) is 10.7. The third-order valence-corrected chi connectivity index (χ3v) is 5.58. The molecule has 0 heterocycles. The summed E-state index contributed by atoms with van der Waals surface area (Å²) in [5.74, 6) is -1.10. The lowest BCUT2D eigenvalue weighted by molar-refractivity contribution is 0.0600. The van der Waals surface area contributed by atoms with E-state index in [-0.39, 0.29) is 18.1 Å². The fraction of sp³-hybridized carbons (Fsp3) is 0.185. The monoisotopic (exact) mass is 445 g/mol. The Morgan fingerprint density at radius 3 is 2.33 bits per heavy atom. The molecule has 1 N–H and O–H groups in total. The Hall–Kier alpha value is -3.93. The van der Waals surface area contributed by atoms with Gasteiger partial charge in [0.1, 0.15) is 12.4 Å². The van der Waals surface area contributed by atoms with Gasteiger partial charge in [-0.25, -0.2) is 14.0 Å². The minimum absolute atomic E-state index is 0.0139. The molecule has 0 bridgehead atoms. The number of ether oxygens (including phenoxy) is 2. The summed E-state index contributed by atoms with van der Waals surface area (Å²) >= 11 is 0. The molecule has 0 saturated carbocycles. The normalized spacial score (nSPS) is 12.3. The number of benzene rings is 3. The predicted molar refractivity (Wildman–Crippen MR) is 124 cm³/mol. The van der Waals surface area contributed by atoms with Crippen LogP contribution in [0.25, 0.3) is 17.2 Å². The van der Waals surface area contributed by atoms with Crippen molar-refractivity contribution in [2.45, 2.75) is 12.3 Å². The molecule has 168 valence electrons. The smallest absolute Gasteiger partial charge is 0.407 e. The summed E-state index contributed by atoms with van der Waals surface area (Å²) in [5.41, 5.74) is 5.37. The van der Waals surface area contributed by atoms with Gasteiger partial charge in [0.05, 0.1) is 12.7 Å². The number of amides is 1. The molecule has 1 aliphatic carbocycles. The minimum atomic E-state index is -0.596. The summed E-state index contributed by atoms with van der Waals surface area (Å²) < 4.78 is 23.8. The van der Waals surface area contributed by atoms with Gasteiger partial charge >= 0.3 is 12.1 Å². The maximum Gasteiger partial charge on any atom is 0.407 e. The second-order valence-electron chi connectivity index (χ2n) is 7.71. The van der Waals surface area contributed by atoms with Gasteiger partial charge in [-0.1, -0.05) is 60.7 Å². The molecule has 0 spiro atoms. The lowest BCUT2D eigenvalue weighted by Gasteiger charge is -2.14. The minimum Gasteiger partial charge on any atom is -0.465 e. The van der Waals surface area contributed by atoms with E-state index < -0.39 is 17.9 Å². The van der Waals surface area contributed by atoms with Crippen LogP contribution in [0.2, 0.25) is 0 Å². The van der Waals surface area contributed by atoms with E-state index in [1.54, 1.807) is 18.2 Å². The van der Waals surface area contributed by atoms with Gasteiger partial charge in [0.25, 0.3) is 0 Å². The van der Waals surface area contributed by atoms with Crippen molar-refractivity contribution in [3.63, 3.8) is 0 Å². The standard InChI is InChI=1S/C27H24FNO4/c1-32-26(30)19-14-18(15-20(28)16-19)8-6-7-13-29-27(31)33-17-25-23-11-4-2-9-21(23)22-10-3-5-12-24(22)25/h2-6,8-12,14-16,25H,7,13,17H2,1H3,(H,29,31). The number of esters is 1. The maximum atomic E-state index is 13.7. The van der Waals surface area contributed by atoms with Crippen LogP contribution in [0.4, 0.5) is 9.18 Å². The van der Waals surface area contributed by atoms with Crippen LogP contribution in [0.1, 0.15) is 39.4 Å². The van der Waals surface area contributed by atoms with Crippen LogP contribution in [0, 0.1) is 5.82 Å². The fourth-order valence-corrected chi connectivity index (χ4v) is 4.07. The van der Waals surface area contributed by atoms with Crippen molar-refractivity contribution >= 4 is 18.1 Å². The molecule has 4 rings (SSSR count). The van der Waals surface area contributed by atoms with E-state index in [0.717, 1.165) is 17.2 Å². The van der Waals surface area contributed by atoms with E-state index in [0.29, 0.717) is 18.5 Å². The van der Waals surface area contributed by atoms with Crippen molar-refractivity contribution in [1.29, 1.82) is 0 Å². The number of nitrogens with one attached hydrogen (secondary N) is 1. The van der Waals surface area contributed by atoms with Gasteiger partial charge in [-0.15, -0.1) is 0 Å². The number of hydrogen-bond acceptors (Lipinski definition) is 4. The summed E-state index contributed by atoms with van der Waals surface area (Å²) in [6.07, 6.45) is 3.52. The molecule has 0 aliphatic heterocycles. The zero-order valence-corrected chi connectivity index (χ0v) is 18.2. The highest BCUT2D eigenvalue weighted by atomic mass is 19.1. The molecule has 1 amide bonds. The Kier molecular flexibility index (Phi) is 6.83. The summed E-state index contributed by atoms with van der Waals surface area (Å²) in [4.78, 5) is 23.8. The Labute approximate surface area is 191 Å². The van der Waals surface area contributed by atoms with Crippen molar-refractivity contribution in [2.24, 2.45) is 0 Å². The van der Waals surface area contributed by atoms with Crippen LogP contribution in [0.3, 0.4) is 0 Å². The van der Waals surface area contributed by atoms with Gasteiger partial charge in [0.2, 0.25) is 0 Å². The number of methoxy groups -OCH3 is 1. The second-order valence-corrected chi connectivity index (χ2v) is 7.71. The number of halogens is 1. The molecule has 33 heavy (non-hydrogen) atoms. The number of alkyl carbamates (subject to hydrolysis) is 1. The van der Waals surface area contributed by atoms with Gasteiger partial charge in [0, 0.05) is 12.5 Å². The summed E-state index contributed by atoms with van der Waals surface area (Å²) in [7, 11) is 1.25. The van der Waals surface area contributed by atoms with Crippen LogP contribution >= 0.6 is 0 Å². The lowest BCUT2D eigenvalue weighted by Crippen LogP contribution is -2.26. The number of rotatable bonds is 7. The van der Waals surface area contributed by atoms with Crippen LogP contribution in [0.15, 0.2) is 72.8 Å². The largest absolute Gasteiger partial charge is 0.465 e. The van der Waals surface area contributed by atoms with Crippen LogP contribution in [-0.4, -0.2) is 32.3 Å². The number of hydrogen-bond donors (Lipinski definition) is 1. The van der Waals surface area contributed by atoms with Crippen molar-refractivity contribution in [2.75, 3.05) is 20.3 Å². The van der Waals surface area contributed by atoms with E-state index in [1.807, 2.05) is 24.3 Å². The van der Waals surface area contributed by atoms with Crippen LogP contribution in [0.5, 0.6) is 0 Å². The van der Waals surface area contributed by atoms with E-state index in [1.165, 1.54) is 24.3 Å². The molecule has 6 heteroatoms. The van der Waals surface area contributed by atoms with Crippen molar-refractivity contribution in [3.05, 3.63) is 101 Å². The molecule has 0 radical (unpaired) electrons. The van der Waals surface area contributed by atoms with Gasteiger partial charge < -0.3 is 14.8 Å². The number of fused-ring (bicyclic) bond motifs is 3. The lowest BCUT2D eigenvalue weighted by atomic mass is 9.98. The predicted octanol–water partition coefficient (Wildman–Crippen LogP) is 5.55. The summed E-state index contributed by atoms with van der Waals surface area (Å²) in [6, 6.07) is 20.3. The quantitative estimate of drug-likeness (QED) is 0.382. The average Bonchev–Trinajstić information content (AvgIpc) is 3.15. The highest BCUT2D eigenvalue weighted by Gasteiger charge is 2.28. The Bertz CT molecular complexity index is 1160. The summed E-state index contributed by atoms with van der Waals surface area (Å²) in [6.45, 7) is 0.627. The molecule has 0 saturated heterocycles. The third kappa shape index (κ3) is 5.12. The van der Waals surface area contributed by atoms with E-state index in [4.69, 9.17) is 4.74 Å². The molecular formula is C27H24FNO4. The van der Waals surface area contributed by atoms with E-state index in [2.05, 4.69) is 34.3 Å². The van der Waals surface area contributed by atoms with Crippen LogP contribution < -0.4 is 5.32 Å². The molecule has 0 atom stereocenters. The fourth-order valence-electron chi connectivity index (χ4n) is 4.07. The maximum absolute atomic E-state index is 13.7. The van der Waals surface area contributed by atoms with Crippen molar-refractivity contribution < 1.29 is 23.5 Å². The van der Waals surface area contributed by atoms with Crippen molar-refractivity contribution in [3.8, 4) is 11.1 Å². The average molecular weight is 445 g/mol. The Morgan fingerprint density at radius 1 is 1.00 bits per heavy atom. The topological polar surface area (TPSA) is 64.6 Å². The van der Waals surface area contributed by atoms with E-state index in [9.17, 15) is 14.0 Å². The highest BCUT2D eigenvalue weighted by Crippen LogP contribution is 2.44. The Balaban J connectivity index is 1.27. The van der Waals surface area contributed by atoms with Crippen molar-refractivity contribution in [1.82, 2.24) is 5.32 Å². The molecule has 3 aromatic rings. The highest BCUT2D eigenvalue weighted by molar-refractivity contribution is 5.90. The molecule has 0 fully saturated rings. The van der Waals surface area contributed by atoms with Gasteiger partial charge in [-0.3, -0.25) is 0 Å². The molecule has 3 aromatic carbocycles. The van der Waals surface area contributed by atoms with Gasteiger partial charge in [-0.05, 0) is 52.4 Å². The number of carbonyl (C=O) groups is 2. The third-order valence-electron chi connectivity index (χ3n) is 5.58. The zero-order chi connectivity index (χ0) is 23.2. The molecule has 1 aliphatic rings. The first kappa shape index (κ1) is 22.3. The first-order chi connectivity index (χ1) is 16.1. The molecular weight excluding hydrogens is 421 g/mol. The van der Waals surface area contributed by atoms with Gasteiger partial charge in [0.15, 0.2) is 0 Å². The van der Waals surface area contributed by atoms with Gasteiger partial charge in [-0.2, -0.15) is 0 Å². The second kappa shape index (κ2) is 10.1. The first-order valence-corrected chi connectivity index (χ1v) is 10.7.